The van der Waals surface area contributed by atoms with Gasteiger partial charge in [-0.05, 0) is 68.1 Å². The molecule has 5 nitrogen and oxygen atoms in total. The number of fused-ring (bicyclic) bond motifs is 3. The number of nitrogens with one attached hydrogen (secondary N) is 1. The Morgan fingerprint density at radius 2 is 1.93 bits per heavy atom. The summed E-state index contributed by atoms with van der Waals surface area (Å²) in [5.41, 5.74) is 2.64. The van der Waals surface area contributed by atoms with Gasteiger partial charge in [-0.25, -0.2) is 0 Å². The van der Waals surface area contributed by atoms with Crippen LogP contribution in [-0.2, 0) is 20.7 Å². The lowest BCUT2D eigenvalue weighted by Gasteiger charge is -2.31. The SMILES string of the molecule is C=C1CC2COC(=O)C2(Cc2ccc(NC(=O)CN3CC4CC[C@H](C4)C3)cc2)C1. The summed E-state index contributed by atoms with van der Waals surface area (Å²) in [6.45, 7) is 7.23. The van der Waals surface area contributed by atoms with Crippen molar-refractivity contribution in [3.8, 4) is 0 Å². The highest BCUT2D eigenvalue weighted by Crippen LogP contribution is 2.52. The summed E-state index contributed by atoms with van der Waals surface area (Å²) in [6.07, 6.45) is 6.30. The van der Waals surface area contributed by atoms with Gasteiger partial charge >= 0.3 is 5.97 Å². The molecular formula is C24H30N2O3. The highest BCUT2D eigenvalue weighted by atomic mass is 16.5. The maximum atomic E-state index is 12.5. The van der Waals surface area contributed by atoms with Crippen LogP contribution in [0.2, 0.25) is 0 Å². The Kier molecular flexibility index (Phi) is 4.73. The van der Waals surface area contributed by atoms with Crippen LogP contribution >= 0.6 is 0 Å². The summed E-state index contributed by atoms with van der Waals surface area (Å²) in [5, 5.41) is 3.03. The number of hydrogen-bond donors (Lipinski definition) is 1. The molecule has 3 unspecified atom stereocenters. The van der Waals surface area contributed by atoms with Crippen molar-refractivity contribution in [2.45, 2.75) is 38.5 Å². The van der Waals surface area contributed by atoms with E-state index in [-0.39, 0.29) is 17.8 Å². The molecule has 2 aliphatic carbocycles. The van der Waals surface area contributed by atoms with Crippen LogP contribution in [0.25, 0.3) is 0 Å². The molecular weight excluding hydrogens is 364 g/mol. The summed E-state index contributed by atoms with van der Waals surface area (Å²) in [4.78, 5) is 27.2. The summed E-state index contributed by atoms with van der Waals surface area (Å²) in [5.74, 6) is 1.82. The van der Waals surface area contributed by atoms with Crippen LogP contribution in [-0.4, -0.2) is 43.0 Å². The molecule has 0 aromatic heterocycles. The molecule has 154 valence electrons. The van der Waals surface area contributed by atoms with Gasteiger partial charge in [-0.15, -0.1) is 0 Å². The quantitative estimate of drug-likeness (QED) is 0.614. The van der Waals surface area contributed by atoms with Gasteiger partial charge in [-0.2, -0.15) is 0 Å². The van der Waals surface area contributed by atoms with E-state index in [2.05, 4.69) is 16.8 Å². The maximum absolute atomic E-state index is 12.5. The zero-order valence-electron chi connectivity index (χ0n) is 17.0. The first-order valence-corrected chi connectivity index (χ1v) is 11.0. The zero-order valence-corrected chi connectivity index (χ0v) is 17.0. The third kappa shape index (κ3) is 3.61. The van der Waals surface area contributed by atoms with Gasteiger partial charge in [0.1, 0.15) is 0 Å². The Morgan fingerprint density at radius 3 is 2.66 bits per heavy atom. The molecule has 1 N–H and O–H groups in total. The highest BCUT2D eigenvalue weighted by Gasteiger charge is 2.55. The fourth-order valence-corrected chi connectivity index (χ4v) is 6.18. The topological polar surface area (TPSA) is 58.6 Å². The van der Waals surface area contributed by atoms with Crippen molar-refractivity contribution >= 4 is 17.6 Å². The summed E-state index contributed by atoms with van der Waals surface area (Å²) in [7, 11) is 0. The van der Waals surface area contributed by atoms with Crippen molar-refractivity contribution in [1.82, 2.24) is 4.90 Å². The van der Waals surface area contributed by atoms with Gasteiger partial charge in [0.25, 0.3) is 0 Å². The third-order valence-electron chi connectivity index (χ3n) is 7.51. The number of nitrogens with zero attached hydrogens (tertiary/aromatic N) is 1. The molecule has 5 heteroatoms. The van der Waals surface area contributed by atoms with Crippen LogP contribution in [0.4, 0.5) is 5.69 Å². The van der Waals surface area contributed by atoms with Gasteiger partial charge in [-0.1, -0.05) is 24.3 Å². The molecule has 1 aromatic carbocycles. The Labute approximate surface area is 172 Å². The van der Waals surface area contributed by atoms with E-state index < -0.39 is 5.41 Å². The number of benzene rings is 1. The number of ether oxygens (including phenoxy) is 1. The molecule has 0 radical (unpaired) electrons. The van der Waals surface area contributed by atoms with Crippen LogP contribution < -0.4 is 5.32 Å². The Balaban J connectivity index is 1.19. The van der Waals surface area contributed by atoms with E-state index in [1.807, 2.05) is 24.3 Å². The molecule has 2 aliphatic heterocycles. The number of piperidine rings is 1. The largest absolute Gasteiger partial charge is 0.465 e. The van der Waals surface area contributed by atoms with Gasteiger partial charge in [0.2, 0.25) is 5.91 Å². The fraction of sp³-hybridized carbons (Fsp3) is 0.583. The van der Waals surface area contributed by atoms with Gasteiger partial charge < -0.3 is 10.1 Å². The number of carbonyl (C=O) groups is 2. The average molecular weight is 395 g/mol. The molecule has 4 atom stereocenters. The molecule has 0 spiro atoms. The number of carbonyl (C=O) groups excluding carboxylic acids is 2. The van der Waals surface area contributed by atoms with E-state index in [1.165, 1.54) is 19.3 Å². The number of allylic oxidation sites excluding steroid dienone is 1. The van der Waals surface area contributed by atoms with E-state index in [0.29, 0.717) is 19.6 Å². The summed E-state index contributed by atoms with van der Waals surface area (Å²) >= 11 is 0. The number of cyclic esters (lactones) is 1. The number of amides is 1. The minimum Gasteiger partial charge on any atom is -0.465 e. The van der Waals surface area contributed by atoms with Crippen molar-refractivity contribution < 1.29 is 14.3 Å². The number of likely N-dealkylation sites (tertiary alicyclic amines) is 1. The molecule has 2 bridgehead atoms. The van der Waals surface area contributed by atoms with Gasteiger partial charge in [0.15, 0.2) is 0 Å². The number of anilines is 1. The molecule has 2 heterocycles. The first kappa shape index (κ1) is 18.9. The second-order valence-electron chi connectivity index (χ2n) is 9.74. The minimum atomic E-state index is -0.435. The molecule has 2 saturated carbocycles. The summed E-state index contributed by atoms with van der Waals surface area (Å²) < 4.78 is 5.37. The second-order valence-corrected chi connectivity index (χ2v) is 9.74. The van der Waals surface area contributed by atoms with Crippen molar-refractivity contribution in [1.29, 1.82) is 0 Å². The number of rotatable bonds is 5. The molecule has 4 aliphatic rings. The lowest BCUT2D eigenvalue weighted by atomic mass is 9.75. The Bertz CT molecular complexity index is 821. The van der Waals surface area contributed by atoms with E-state index >= 15 is 0 Å². The molecule has 1 aromatic rings. The van der Waals surface area contributed by atoms with Crippen molar-refractivity contribution in [3.05, 3.63) is 42.0 Å². The molecule has 5 rings (SSSR count). The van der Waals surface area contributed by atoms with Crippen molar-refractivity contribution in [2.24, 2.45) is 23.2 Å². The number of esters is 1. The van der Waals surface area contributed by atoms with E-state index in [9.17, 15) is 9.59 Å². The van der Waals surface area contributed by atoms with Crippen LogP contribution in [0.5, 0.6) is 0 Å². The van der Waals surface area contributed by atoms with Crippen LogP contribution in [0, 0.1) is 23.2 Å². The predicted molar refractivity (Wildman–Crippen MR) is 111 cm³/mol. The first-order valence-electron chi connectivity index (χ1n) is 11.0. The van der Waals surface area contributed by atoms with E-state index in [0.717, 1.165) is 54.6 Å². The minimum absolute atomic E-state index is 0.0594. The van der Waals surface area contributed by atoms with E-state index in [4.69, 9.17) is 4.74 Å². The zero-order chi connectivity index (χ0) is 20.0. The van der Waals surface area contributed by atoms with E-state index in [1.54, 1.807) is 0 Å². The normalized spacial score (nSPS) is 33.6. The summed E-state index contributed by atoms with van der Waals surface area (Å²) in [6, 6.07) is 7.94. The molecule has 4 fully saturated rings. The van der Waals surface area contributed by atoms with Crippen LogP contribution in [0.15, 0.2) is 36.4 Å². The standard InChI is InChI=1S/C24H30N2O3/c1-16-8-20-15-29-23(28)24(20,10-16)11-17-4-6-21(7-5-17)25-22(27)14-26-12-18-2-3-19(9-18)13-26/h4-7,18-20H,1-3,8-15H2,(H,25,27)/t18-,19?,20?,24?/m1/s1. The smallest absolute Gasteiger partial charge is 0.313 e. The highest BCUT2D eigenvalue weighted by molar-refractivity contribution is 5.92. The van der Waals surface area contributed by atoms with Gasteiger partial charge in [0.05, 0.1) is 18.6 Å². The first-order chi connectivity index (χ1) is 14.0. The predicted octanol–water partition coefficient (Wildman–Crippen LogP) is 3.41. The van der Waals surface area contributed by atoms with Crippen molar-refractivity contribution in [3.63, 3.8) is 0 Å². The maximum Gasteiger partial charge on any atom is 0.313 e. The molecule has 1 amide bonds. The molecule has 2 saturated heterocycles. The second kappa shape index (κ2) is 7.28. The third-order valence-corrected chi connectivity index (χ3v) is 7.51. The van der Waals surface area contributed by atoms with Crippen LogP contribution in [0.3, 0.4) is 0 Å². The van der Waals surface area contributed by atoms with Gasteiger partial charge in [-0.3, -0.25) is 14.5 Å². The average Bonchev–Trinajstić information content (AvgIpc) is 3.29. The lowest BCUT2D eigenvalue weighted by molar-refractivity contribution is -0.146. The lowest BCUT2D eigenvalue weighted by Crippen LogP contribution is -2.41. The molecule has 29 heavy (non-hydrogen) atoms. The van der Waals surface area contributed by atoms with Crippen molar-refractivity contribution in [2.75, 3.05) is 31.6 Å². The van der Waals surface area contributed by atoms with Crippen LogP contribution in [0.1, 0.15) is 37.7 Å². The van der Waals surface area contributed by atoms with Gasteiger partial charge in [0, 0.05) is 24.7 Å². The fourth-order valence-electron chi connectivity index (χ4n) is 6.18. The Hall–Kier alpha value is -2.14. The monoisotopic (exact) mass is 394 g/mol. The Morgan fingerprint density at radius 1 is 1.21 bits per heavy atom. The number of hydrogen-bond acceptors (Lipinski definition) is 4.